The van der Waals surface area contributed by atoms with Gasteiger partial charge in [-0.25, -0.2) is 4.98 Å². The average molecular weight is 251 g/mol. The average Bonchev–Trinajstić information content (AvgIpc) is 2.93. The van der Waals surface area contributed by atoms with E-state index in [0.29, 0.717) is 5.92 Å². The third-order valence-electron chi connectivity index (χ3n) is 4.25. The van der Waals surface area contributed by atoms with Crippen molar-refractivity contribution in [2.24, 2.45) is 0 Å². The SMILES string of the molecule is CCC(O)(CC)CN1CCCC(c2ncc[nH]2)C1. The molecule has 1 saturated heterocycles. The summed E-state index contributed by atoms with van der Waals surface area (Å²) in [6.07, 6.45) is 7.75. The zero-order valence-electron chi connectivity index (χ0n) is 11.5. The number of β-amino-alcohol motifs (C(OH)–C–C–N with tert-alkyl or cyclic N) is 1. The Kier molecular flexibility index (Phi) is 4.40. The summed E-state index contributed by atoms with van der Waals surface area (Å²) >= 11 is 0. The molecule has 1 aromatic heterocycles. The maximum atomic E-state index is 10.4. The van der Waals surface area contributed by atoms with Crippen molar-refractivity contribution in [1.82, 2.24) is 14.9 Å². The van der Waals surface area contributed by atoms with Crippen LogP contribution < -0.4 is 0 Å². The third kappa shape index (κ3) is 3.12. The van der Waals surface area contributed by atoms with Crippen LogP contribution in [-0.4, -0.2) is 45.2 Å². The van der Waals surface area contributed by atoms with Gasteiger partial charge >= 0.3 is 0 Å². The lowest BCUT2D eigenvalue weighted by Gasteiger charge is -2.37. The Labute approximate surface area is 109 Å². The second kappa shape index (κ2) is 5.85. The molecule has 0 aromatic carbocycles. The van der Waals surface area contributed by atoms with E-state index in [1.165, 1.54) is 12.8 Å². The number of aromatic amines is 1. The first kappa shape index (κ1) is 13.6. The molecule has 0 bridgehead atoms. The molecule has 4 nitrogen and oxygen atoms in total. The van der Waals surface area contributed by atoms with E-state index >= 15 is 0 Å². The second-order valence-corrected chi connectivity index (χ2v) is 5.48. The summed E-state index contributed by atoms with van der Waals surface area (Å²) < 4.78 is 0. The Balaban J connectivity index is 1.95. The quantitative estimate of drug-likeness (QED) is 0.843. The van der Waals surface area contributed by atoms with Gasteiger partial charge in [0.1, 0.15) is 5.82 Å². The number of hydrogen-bond acceptors (Lipinski definition) is 3. The predicted molar refractivity (Wildman–Crippen MR) is 72.5 cm³/mol. The number of nitrogens with one attached hydrogen (secondary N) is 1. The van der Waals surface area contributed by atoms with Crippen molar-refractivity contribution in [2.75, 3.05) is 19.6 Å². The van der Waals surface area contributed by atoms with Gasteiger partial charge in [-0.2, -0.15) is 0 Å². The van der Waals surface area contributed by atoms with Crippen LogP contribution in [0, 0.1) is 0 Å². The molecule has 4 heteroatoms. The lowest BCUT2D eigenvalue weighted by molar-refractivity contribution is -0.0101. The number of imidazole rings is 1. The zero-order chi connectivity index (χ0) is 13.0. The van der Waals surface area contributed by atoms with Gasteiger partial charge in [-0.05, 0) is 32.2 Å². The standard InChI is InChI=1S/C14H25N3O/c1-3-14(18,4-2)11-17-9-5-6-12(10-17)13-15-7-8-16-13/h7-8,12,18H,3-6,9-11H2,1-2H3,(H,15,16). The first-order valence-corrected chi connectivity index (χ1v) is 7.11. The molecule has 0 amide bonds. The van der Waals surface area contributed by atoms with Gasteiger partial charge in [0.25, 0.3) is 0 Å². The second-order valence-electron chi connectivity index (χ2n) is 5.48. The smallest absolute Gasteiger partial charge is 0.110 e. The summed E-state index contributed by atoms with van der Waals surface area (Å²) in [5.74, 6) is 1.59. The number of hydrogen-bond donors (Lipinski definition) is 2. The highest BCUT2D eigenvalue weighted by Gasteiger charge is 2.29. The molecule has 1 unspecified atom stereocenters. The summed E-state index contributed by atoms with van der Waals surface area (Å²) in [5, 5.41) is 10.4. The van der Waals surface area contributed by atoms with Gasteiger partial charge in [-0.15, -0.1) is 0 Å². The maximum absolute atomic E-state index is 10.4. The number of aliphatic hydroxyl groups is 1. The van der Waals surface area contributed by atoms with E-state index in [0.717, 1.165) is 38.3 Å². The van der Waals surface area contributed by atoms with Gasteiger partial charge in [0.15, 0.2) is 0 Å². The minimum absolute atomic E-state index is 0.492. The summed E-state index contributed by atoms with van der Waals surface area (Å²) in [4.78, 5) is 9.98. The van der Waals surface area contributed by atoms with Crippen LogP contribution in [0.1, 0.15) is 51.3 Å². The Hall–Kier alpha value is -0.870. The Morgan fingerprint density at radius 3 is 2.89 bits per heavy atom. The van der Waals surface area contributed by atoms with Crippen molar-refractivity contribution in [3.8, 4) is 0 Å². The molecule has 2 N–H and O–H groups in total. The predicted octanol–water partition coefficient (Wildman–Crippen LogP) is 2.14. The molecule has 2 rings (SSSR count). The molecule has 102 valence electrons. The van der Waals surface area contributed by atoms with Crippen molar-refractivity contribution in [3.63, 3.8) is 0 Å². The molecule has 0 aliphatic carbocycles. The molecule has 1 atom stereocenters. The number of aromatic nitrogens is 2. The van der Waals surface area contributed by atoms with E-state index in [2.05, 4.69) is 28.7 Å². The number of piperidine rings is 1. The van der Waals surface area contributed by atoms with Gasteiger partial charge in [0.05, 0.1) is 5.60 Å². The molecule has 18 heavy (non-hydrogen) atoms. The molecule has 1 aliphatic heterocycles. The van der Waals surface area contributed by atoms with E-state index in [1.807, 2.05) is 12.4 Å². The summed E-state index contributed by atoms with van der Waals surface area (Å²) in [6, 6.07) is 0. The fraction of sp³-hybridized carbons (Fsp3) is 0.786. The van der Waals surface area contributed by atoms with E-state index in [4.69, 9.17) is 0 Å². The van der Waals surface area contributed by atoms with Crippen molar-refractivity contribution in [2.45, 2.75) is 51.0 Å². The van der Waals surface area contributed by atoms with Gasteiger partial charge in [-0.3, -0.25) is 4.90 Å². The molecule has 0 spiro atoms. The van der Waals surface area contributed by atoms with Gasteiger partial charge in [-0.1, -0.05) is 13.8 Å². The molecule has 0 radical (unpaired) electrons. The van der Waals surface area contributed by atoms with E-state index in [9.17, 15) is 5.11 Å². The first-order valence-electron chi connectivity index (χ1n) is 7.11. The highest BCUT2D eigenvalue weighted by molar-refractivity contribution is 5.00. The summed E-state index contributed by atoms with van der Waals surface area (Å²) in [7, 11) is 0. The Morgan fingerprint density at radius 2 is 2.28 bits per heavy atom. The normalized spacial score (nSPS) is 22.3. The first-order chi connectivity index (χ1) is 8.67. The Bertz CT molecular complexity index is 346. The molecule has 1 aromatic rings. The number of rotatable bonds is 5. The largest absolute Gasteiger partial charge is 0.389 e. The maximum Gasteiger partial charge on any atom is 0.110 e. The number of nitrogens with zero attached hydrogens (tertiary/aromatic N) is 2. The highest BCUT2D eigenvalue weighted by atomic mass is 16.3. The van der Waals surface area contributed by atoms with Crippen LogP contribution in [0.4, 0.5) is 0 Å². The van der Waals surface area contributed by atoms with Crippen molar-refractivity contribution in [3.05, 3.63) is 18.2 Å². The van der Waals surface area contributed by atoms with Crippen LogP contribution >= 0.6 is 0 Å². The van der Waals surface area contributed by atoms with E-state index in [-0.39, 0.29) is 0 Å². The van der Waals surface area contributed by atoms with Crippen LogP contribution in [0.2, 0.25) is 0 Å². The zero-order valence-corrected chi connectivity index (χ0v) is 11.5. The van der Waals surface area contributed by atoms with Crippen LogP contribution in [-0.2, 0) is 0 Å². The fourth-order valence-corrected chi connectivity index (χ4v) is 2.81. The van der Waals surface area contributed by atoms with E-state index < -0.39 is 5.60 Å². The molecule has 1 aliphatic rings. The highest BCUT2D eigenvalue weighted by Crippen LogP contribution is 2.26. The van der Waals surface area contributed by atoms with Crippen LogP contribution in [0.3, 0.4) is 0 Å². The monoisotopic (exact) mass is 251 g/mol. The molecule has 0 saturated carbocycles. The minimum Gasteiger partial charge on any atom is -0.389 e. The molecule has 2 heterocycles. The number of H-pyrrole nitrogens is 1. The van der Waals surface area contributed by atoms with Crippen LogP contribution in [0.5, 0.6) is 0 Å². The summed E-state index contributed by atoms with van der Waals surface area (Å²) in [5.41, 5.74) is -0.523. The third-order valence-corrected chi connectivity index (χ3v) is 4.25. The fourth-order valence-electron chi connectivity index (χ4n) is 2.81. The molecular weight excluding hydrogens is 226 g/mol. The van der Waals surface area contributed by atoms with Gasteiger partial charge in [0.2, 0.25) is 0 Å². The van der Waals surface area contributed by atoms with Crippen molar-refractivity contribution < 1.29 is 5.11 Å². The van der Waals surface area contributed by atoms with Crippen LogP contribution in [0.25, 0.3) is 0 Å². The lowest BCUT2D eigenvalue weighted by Crippen LogP contribution is -2.46. The summed E-state index contributed by atoms with van der Waals surface area (Å²) in [6.45, 7) is 7.03. The van der Waals surface area contributed by atoms with Gasteiger partial charge < -0.3 is 10.1 Å². The molecular formula is C14H25N3O. The molecule has 1 fully saturated rings. The van der Waals surface area contributed by atoms with Crippen molar-refractivity contribution in [1.29, 1.82) is 0 Å². The van der Waals surface area contributed by atoms with Crippen molar-refractivity contribution >= 4 is 0 Å². The van der Waals surface area contributed by atoms with Crippen LogP contribution in [0.15, 0.2) is 12.4 Å². The Morgan fingerprint density at radius 1 is 1.50 bits per heavy atom. The topological polar surface area (TPSA) is 52.1 Å². The lowest BCUT2D eigenvalue weighted by atomic mass is 9.92. The van der Waals surface area contributed by atoms with E-state index in [1.54, 1.807) is 0 Å². The minimum atomic E-state index is -0.523. The van der Waals surface area contributed by atoms with Gasteiger partial charge in [0, 0.05) is 31.4 Å². The number of likely N-dealkylation sites (tertiary alicyclic amines) is 1.